The molecule has 4 nitrogen and oxygen atoms in total. The fourth-order valence-corrected chi connectivity index (χ4v) is 2.27. The molecule has 4 heteroatoms. The number of ether oxygens (including phenoxy) is 2. The summed E-state index contributed by atoms with van der Waals surface area (Å²) in [5.41, 5.74) is 8.13. The first-order valence-corrected chi connectivity index (χ1v) is 6.85. The maximum Gasteiger partial charge on any atom is 0.122 e. The number of nitrogens with zero attached hydrogens (tertiary/aromatic N) is 1. The zero-order chi connectivity index (χ0) is 13.8. The van der Waals surface area contributed by atoms with Crippen LogP contribution in [0.15, 0.2) is 18.2 Å². The lowest BCUT2D eigenvalue weighted by Crippen LogP contribution is -2.42. The molecule has 19 heavy (non-hydrogen) atoms. The molecule has 2 atom stereocenters. The Kier molecular flexibility index (Phi) is 4.80. The molecule has 106 valence electrons. The van der Waals surface area contributed by atoms with Gasteiger partial charge in [-0.15, -0.1) is 0 Å². The molecule has 1 aliphatic heterocycles. The Morgan fingerprint density at radius 1 is 1.53 bits per heavy atom. The summed E-state index contributed by atoms with van der Waals surface area (Å²) in [7, 11) is 2.11. The lowest BCUT2D eigenvalue weighted by Gasteiger charge is -2.30. The minimum absolute atomic E-state index is 0.0584. The van der Waals surface area contributed by atoms with E-state index in [0.29, 0.717) is 6.61 Å². The predicted octanol–water partition coefficient (Wildman–Crippen LogP) is 1.72. The average Bonchev–Trinajstić information content (AvgIpc) is 2.37. The molecule has 1 saturated heterocycles. The van der Waals surface area contributed by atoms with Gasteiger partial charge in [-0.2, -0.15) is 0 Å². The minimum Gasteiger partial charge on any atom is -0.491 e. The quantitative estimate of drug-likeness (QED) is 0.899. The fourth-order valence-electron chi connectivity index (χ4n) is 2.27. The van der Waals surface area contributed by atoms with Gasteiger partial charge in [0.05, 0.1) is 6.61 Å². The molecule has 0 spiro atoms. The summed E-state index contributed by atoms with van der Waals surface area (Å²) in [6.07, 6.45) is 0.159. The SMILES string of the molecule is Cc1cc([C@H](C)N)ccc1OCC1CN(C)CCO1. The summed E-state index contributed by atoms with van der Waals surface area (Å²) in [5, 5.41) is 0. The van der Waals surface area contributed by atoms with Crippen LogP contribution in [-0.2, 0) is 4.74 Å². The number of aryl methyl sites for hydroxylation is 1. The molecule has 2 rings (SSSR count). The first-order valence-electron chi connectivity index (χ1n) is 6.85. The Balaban J connectivity index is 1.92. The molecule has 0 aliphatic carbocycles. The molecule has 1 aromatic rings. The van der Waals surface area contributed by atoms with Gasteiger partial charge in [-0.1, -0.05) is 12.1 Å². The van der Waals surface area contributed by atoms with Gasteiger partial charge in [0, 0.05) is 19.1 Å². The van der Waals surface area contributed by atoms with Crippen molar-refractivity contribution in [1.29, 1.82) is 0 Å². The Hall–Kier alpha value is -1.10. The van der Waals surface area contributed by atoms with Crippen LogP contribution in [0.3, 0.4) is 0 Å². The summed E-state index contributed by atoms with van der Waals surface area (Å²) >= 11 is 0. The van der Waals surface area contributed by atoms with E-state index in [9.17, 15) is 0 Å². The van der Waals surface area contributed by atoms with Crippen molar-refractivity contribution in [2.75, 3.05) is 33.4 Å². The molecule has 1 aromatic carbocycles. The van der Waals surface area contributed by atoms with Gasteiger partial charge in [-0.3, -0.25) is 0 Å². The number of likely N-dealkylation sites (N-methyl/N-ethyl adjacent to an activating group) is 1. The third-order valence-corrected chi connectivity index (χ3v) is 3.49. The van der Waals surface area contributed by atoms with Crippen LogP contribution in [0.2, 0.25) is 0 Å². The predicted molar refractivity (Wildman–Crippen MR) is 76.5 cm³/mol. The monoisotopic (exact) mass is 264 g/mol. The van der Waals surface area contributed by atoms with Crippen LogP contribution < -0.4 is 10.5 Å². The molecule has 0 aromatic heterocycles. The molecule has 1 unspecified atom stereocenters. The first-order chi connectivity index (χ1) is 9.06. The van der Waals surface area contributed by atoms with E-state index < -0.39 is 0 Å². The Labute approximate surface area is 115 Å². The summed E-state index contributed by atoms with van der Waals surface area (Å²) < 4.78 is 11.6. The number of nitrogens with two attached hydrogens (primary N) is 1. The van der Waals surface area contributed by atoms with E-state index in [1.807, 2.05) is 19.1 Å². The smallest absolute Gasteiger partial charge is 0.122 e. The third-order valence-electron chi connectivity index (χ3n) is 3.49. The van der Waals surface area contributed by atoms with E-state index in [1.165, 1.54) is 0 Å². The maximum atomic E-state index is 5.87. The second-order valence-electron chi connectivity index (χ2n) is 5.38. The van der Waals surface area contributed by atoms with E-state index in [2.05, 4.69) is 24.9 Å². The van der Waals surface area contributed by atoms with Gasteiger partial charge >= 0.3 is 0 Å². The number of rotatable bonds is 4. The van der Waals surface area contributed by atoms with Gasteiger partial charge in [0.1, 0.15) is 18.5 Å². The lowest BCUT2D eigenvalue weighted by atomic mass is 10.1. The number of hydrogen-bond donors (Lipinski definition) is 1. The van der Waals surface area contributed by atoms with Gasteiger partial charge in [0.25, 0.3) is 0 Å². The summed E-state index contributed by atoms with van der Waals surface area (Å²) in [6.45, 7) is 7.35. The van der Waals surface area contributed by atoms with Gasteiger partial charge < -0.3 is 20.1 Å². The van der Waals surface area contributed by atoms with Crippen molar-refractivity contribution in [2.24, 2.45) is 5.73 Å². The first kappa shape index (κ1) is 14.3. The van der Waals surface area contributed by atoms with Crippen LogP contribution >= 0.6 is 0 Å². The Bertz CT molecular complexity index is 421. The maximum absolute atomic E-state index is 5.87. The third kappa shape index (κ3) is 3.93. The largest absolute Gasteiger partial charge is 0.491 e. The zero-order valence-electron chi connectivity index (χ0n) is 12.1. The summed E-state index contributed by atoms with van der Waals surface area (Å²) in [6, 6.07) is 6.18. The van der Waals surface area contributed by atoms with Crippen LogP contribution in [0.4, 0.5) is 0 Å². The normalized spacial score (nSPS) is 22.2. The van der Waals surface area contributed by atoms with Gasteiger partial charge in [0.2, 0.25) is 0 Å². The van der Waals surface area contributed by atoms with Crippen molar-refractivity contribution in [2.45, 2.75) is 26.0 Å². The summed E-state index contributed by atoms with van der Waals surface area (Å²) in [4.78, 5) is 2.27. The van der Waals surface area contributed by atoms with Gasteiger partial charge in [-0.25, -0.2) is 0 Å². The molecule has 0 amide bonds. The molecule has 1 aliphatic rings. The second kappa shape index (κ2) is 6.37. The number of hydrogen-bond acceptors (Lipinski definition) is 4. The van der Waals surface area contributed by atoms with Gasteiger partial charge in [-0.05, 0) is 38.1 Å². The highest BCUT2D eigenvalue weighted by Crippen LogP contribution is 2.22. The van der Waals surface area contributed by atoms with Gasteiger partial charge in [0.15, 0.2) is 0 Å². The van der Waals surface area contributed by atoms with Crippen LogP contribution in [0.1, 0.15) is 24.1 Å². The van der Waals surface area contributed by atoms with E-state index in [4.69, 9.17) is 15.2 Å². The fraction of sp³-hybridized carbons (Fsp3) is 0.600. The number of morpholine rings is 1. The highest BCUT2D eigenvalue weighted by atomic mass is 16.5. The van der Waals surface area contributed by atoms with E-state index in [0.717, 1.165) is 36.6 Å². The average molecular weight is 264 g/mol. The van der Waals surface area contributed by atoms with Crippen molar-refractivity contribution in [3.05, 3.63) is 29.3 Å². The standard InChI is InChI=1S/C15H24N2O2/c1-11-8-13(12(2)16)4-5-15(11)19-10-14-9-17(3)6-7-18-14/h4-5,8,12,14H,6-7,9-10,16H2,1-3H3/t12-,14?/m0/s1. The molecule has 0 saturated carbocycles. The molecule has 1 fully saturated rings. The highest BCUT2D eigenvalue weighted by molar-refractivity contribution is 5.37. The Morgan fingerprint density at radius 2 is 2.32 bits per heavy atom. The minimum atomic E-state index is 0.0584. The highest BCUT2D eigenvalue weighted by Gasteiger charge is 2.18. The van der Waals surface area contributed by atoms with Crippen LogP contribution in [0, 0.1) is 6.92 Å². The van der Waals surface area contributed by atoms with E-state index in [-0.39, 0.29) is 12.1 Å². The van der Waals surface area contributed by atoms with Crippen molar-refractivity contribution in [3.8, 4) is 5.75 Å². The molecule has 1 heterocycles. The van der Waals surface area contributed by atoms with E-state index >= 15 is 0 Å². The van der Waals surface area contributed by atoms with Crippen LogP contribution in [0.5, 0.6) is 5.75 Å². The molecular formula is C15H24N2O2. The lowest BCUT2D eigenvalue weighted by molar-refractivity contribution is -0.0404. The second-order valence-corrected chi connectivity index (χ2v) is 5.38. The molecular weight excluding hydrogens is 240 g/mol. The zero-order valence-corrected chi connectivity index (χ0v) is 12.1. The van der Waals surface area contributed by atoms with Crippen molar-refractivity contribution >= 4 is 0 Å². The molecule has 0 bridgehead atoms. The summed E-state index contributed by atoms with van der Waals surface area (Å²) in [5.74, 6) is 0.918. The number of benzene rings is 1. The Morgan fingerprint density at radius 3 is 2.95 bits per heavy atom. The van der Waals surface area contributed by atoms with Crippen LogP contribution in [0.25, 0.3) is 0 Å². The van der Waals surface area contributed by atoms with Crippen molar-refractivity contribution in [3.63, 3.8) is 0 Å². The van der Waals surface area contributed by atoms with E-state index in [1.54, 1.807) is 0 Å². The molecule has 0 radical (unpaired) electrons. The van der Waals surface area contributed by atoms with Crippen molar-refractivity contribution in [1.82, 2.24) is 4.90 Å². The van der Waals surface area contributed by atoms with Crippen LogP contribution in [-0.4, -0.2) is 44.4 Å². The molecule has 2 N–H and O–H groups in total. The van der Waals surface area contributed by atoms with Crippen molar-refractivity contribution < 1.29 is 9.47 Å². The topological polar surface area (TPSA) is 47.7 Å².